The molecule has 2 N–H and O–H groups in total. The fourth-order valence-corrected chi connectivity index (χ4v) is 3.81. The van der Waals surface area contributed by atoms with Crippen molar-refractivity contribution in [2.45, 2.75) is 37.8 Å². The minimum absolute atomic E-state index is 0. The molecule has 0 atom stereocenters. The highest BCUT2D eigenvalue weighted by Crippen LogP contribution is 2.20. The molecule has 0 aliphatic carbocycles. The fraction of sp³-hybridized carbons (Fsp3) is 0.526. The predicted molar refractivity (Wildman–Crippen MR) is 115 cm³/mol. The van der Waals surface area contributed by atoms with Crippen LogP contribution in [0, 0.1) is 0 Å². The zero-order valence-corrected chi connectivity index (χ0v) is 17.4. The van der Waals surface area contributed by atoms with Crippen LogP contribution in [0.2, 0.25) is 0 Å². The molecule has 28 heavy (non-hydrogen) atoms. The molecule has 9 heteroatoms. The molecule has 2 aliphatic rings. The van der Waals surface area contributed by atoms with Gasteiger partial charge in [0.1, 0.15) is 0 Å². The van der Waals surface area contributed by atoms with Crippen molar-refractivity contribution in [3.8, 4) is 0 Å². The molecule has 0 unspecified atom stereocenters. The molecule has 2 aliphatic heterocycles. The summed E-state index contributed by atoms with van der Waals surface area (Å²) in [4.78, 5) is 14.9. The van der Waals surface area contributed by atoms with Crippen LogP contribution in [0.25, 0.3) is 0 Å². The lowest BCUT2D eigenvalue weighted by molar-refractivity contribution is 0.0926. The zero-order chi connectivity index (χ0) is 17.8. The highest BCUT2D eigenvalue weighted by atomic mass is 35.5. The van der Waals surface area contributed by atoms with Gasteiger partial charge in [-0.15, -0.1) is 29.9 Å². The predicted octanol–water partition coefficient (Wildman–Crippen LogP) is 2.45. The number of nitrogens with one attached hydrogen (secondary N) is 2. The number of carbonyl (C=O) groups is 1. The van der Waals surface area contributed by atoms with Gasteiger partial charge in [0, 0.05) is 24.8 Å². The topological polar surface area (TPSA) is 75.1 Å². The molecule has 0 bridgehead atoms. The number of nitrogens with zero attached hydrogens (tertiary/aromatic N) is 4. The number of hydrogen-bond donors (Lipinski definition) is 2. The Labute approximate surface area is 178 Å². The summed E-state index contributed by atoms with van der Waals surface area (Å²) < 4.78 is 1.85. The van der Waals surface area contributed by atoms with Crippen LogP contribution in [-0.2, 0) is 0 Å². The molecule has 1 aromatic carbocycles. The monoisotopic (exact) mass is 426 g/mol. The van der Waals surface area contributed by atoms with E-state index in [9.17, 15) is 4.79 Å². The Kier molecular flexibility index (Phi) is 8.54. The molecule has 7 nitrogen and oxygen atoms in total. The first-order chi connectivity index (χ1) is 12.8. The maximum Gasteiger partial charge on any atom is 0.273 e. The van der Waals surface area contributed by atoms with Gasteiger partial charge in [-0.3, -0.25) is 4.79 Å². The second-order valence-electron chi connectivity index (χ2n) is 7.14. The SMILES string of the molecule is Cl.Cl.O=C(NC1CCN(c2ccccc2)CC1)c1cn(C2CCNCC2)nn1. The first kappa shape index (κ1) is 22.5. The zero-order valence-electron chi connectivity index (χ0n) is 15.8. The van der Waals surface area contributed by atoms with Gasteiger partial charge in [-0.25, -0.2) is 4.68 Å². The van der Waals surface area contributed by atoms with E-state index in [0.29, 0.717) is 11.7 Å². The van der Waals surface area contributed by atoms with Crippen LogP contribution in [0.3, 0.4) is 0 Å². The lowest BCUT2D eigenvalue weighted by atomic mass is 10.0. The Balaban J connectivity index is 0.00000140. The Hall–Kier alpha value is -1.83. The molecule has 0 spiro atoms. The Bertz CT molecular complexity index is 727. The van der Waals surface area contributed by atoms with Crippen molar-refractivity contribution in [3.63, 3.8) is 0 Å². The molecule has 4 rings (SSSR count). The number of rotatable bonds is 4. The van der Waals surface area contributed by atoms with E-state index in [1.54, 1.807) is 6.20 Å². The number of benzene rings is 1. The van der Waals surface area contributed by atoms with E-state index in [1.807, 2.05) is 10.7 Å². The Morgan fingerprint density at radius 2 is 1.71 bits per heavy atom. The molecule has 1 amide bonds. The lowest BCUT2D eigenvalue weighted by Gasteiger charge is -2.33. The van der Waals surface area contributed by atoms with Crippen LogP contribution >= 0.6 is 24.8 Å². The van der Waals surface area contributed by atoms with Crippen molar-refractivity contribution in [2.24, 2.45) is 0 Å². The van der Waals surface area contributed by atoms with Gasteiger partial charge in [-0.05, 0) is 50.9 Å². The second kappa shape index (κ2) is 10.6. The molecular formula is C19H28Cl2N6O. The number of hydrogen-bond acceptors (Lipinski definition) is 5. The highest BCUT2D eigenvalue weighted by molar-refractivity contribution is 5.92. The number of piperidine rings is 2. The first-order valence-electron chi connectivity index (χ1n) is 9.53. The minimum atomic E-state index is -0.108. The van der Waals surface area contributed by atoms with E-state index in [-0.39, 0.29) is 36.8 Å². The maximum absolute atomic E-state index is 12.5. The summed E-state index contributed by atoms with van der Waals surface area (Å²) in [5.41, 5.74) is 1.68. The van der Waals surface area contributed by atoms with Gasteiger partial charge in [-0.2, -0.15) is 0 Å². The van der Waals surface area contributed by atoms with E-state index in [0.717, 1.165) is 51.9 Å². The molecular weight excluding hydrogens is 399 g/mol. The van der Waals surface area contributed by atoms with Crippen molar-refractivity contribution >= 4 is 36.4 Å². The Morgan fingerprint density at radius 1 is 1.04 bits per heavy atom. The van der Waals surface area contributed by atoms with Gasteiger partial charge in [0.25, 0.3) is 5.91 Å². The highest BCUT2D eigenvalue weighted by Gasteiger charge is 2.23. The van der Waals surface area contributed by atoms with Crippen LogP contribution in [0.1, 0.15) is 42.2 Å². The van der Waals surface area contributed by atoms with E-state index in [4.69, 9.17) is 0 Å². The number of anilines is 1. The van der Waals surface area contributed by atoms with E-state index >= 15 is 0 Å². The van der Waals surface area contributed by atoms with Crippen molar-refractivity contribution in [1.82, 2.24) is 25.6 Å². The van der Waals surface area contributed by atoms with E-state index in [2.05, 4.69) is 50.1 Å². The van der Waals surface area contributed by atoms with Gasteiger partial charge in [0.2, 0.25) is 0 Å². The van der Waals surface area contributed by atoms with Crippen LogP contribution in [0.5, 0.6) is 0 Å². The standard InChI is InChI=1S/C19H26N6O.2ClH/c26-19(18-14-25(23-22-18)17-6-10-20-11-7-17)21-15-8-12-24(13-9-15)16-4-2-1-3-5-16;;/h1-5,14-15,17,20H,6-13H2,(H,21,26);2*1H. The summed E-state index contributed by atoms with van der Waals surface area (Å²) in [5, 5.41) is 14.7. The quantitative estimate of drug-likeness (QED) is 0.784. The van der Waals surface area contributed by atoms with Crippen molar-refractivity contribution in [3.05, 3.63) is 42.2 Å². The average molecular weight is 427 g/mol. The number of para-hydroxylation sites is 1. The van der Waals surface area contributed by atoms with Crippen LogP contribution in [-0.4, -0.2) is 53.1 Å². The minimum Gasteiger partial charge on any atom is -0.371 e. The largest absolute Gasteiger partial charge is 0.371 e. The number of amides is 1. The van der Waals surface area contributed by atoms with Crippen LogP contribution in [0.15, 0.2) is 36.5 Å². The average Bonchev–Trinajstić information content (AvgIpc) is 3.20. The summed E-state index contributed by atoms with van der Waals surface area (Å²) in [6.07, 6.45) is 5.75. The van der Waals surface area contributed by atoms with Crippen LogP contribution < -0.4 is 15.5 Å². The normalized spacial score (nSPS) is 18.1. The number of aromatic nitrogens is 3. The van der Waals surface area contributed by atoms with E-state index in [1.165, 1.54) is 5.69 Å². The van der Waals surface area contributed by atoms with Crippen molar-refractivity contribution in [1.29, 1.82) is 0 Å². The Morgan fingerprint density at radius 3 is 2.39 bits per heavy atom. The van der Waals surface area contributed by atoms with Crippen molar-refractivity contribution in [2.75, 3.05) is 31.1 Å². The molecule has 2 fully saturated rings. The molecule has 3 heterocycles. The summed E-state index contributed by atoms with van der Waals surface area (Å²) in [5.74, 6) is -0.108. The molecule has 0 radical (unpaired) electrons. The van der Waals surface area contributed by atoms with Crippen molar-refractivity contribution < 1.29 is 4.79 Å². The smallest absolute Gasteiger partial charge is 0.273 e. The third kappa shape index (κ3) is 5.37. The molecule has 1 aromatic heterocycles. The maximum atomic E-state index is 12.5. The summed E-state index contributed by atoms with van der Waals surface area (Å²) in [6, 6.07) is 11.0. The first-order valence-corrected chi connectivity index (χ1v) is 9.53. The van der Waals surface area contributed by atoms with Gasteiger partial charge in [0.05, 0.1) is 12.2 Å². The van der Waals surface area contributed by atoms with Gasteiger partial charge >= 0.3 is 0 Å². The molecule has 2 saturated heterocycles. The summed E-state index contributed by atoms with van der Waals surface area (Å²) >= 11 is 0. The van der Waals surface area contributed by atoms with Gasteiger partial charge in [-0.1, -0.05) is 23.4 Å². The van der Waals surface area contributed by atoms with Gasteiger partial charge < -0.3 is 15.5 Å². The number of halogens is 2. The second-order valence-corrected chi connectivity index (χ2v) is 7.14. The third-order valence-corrected chi connectivity index (χ3v) is 5.38. The lowest BCUT2D eigenvalue weighted by Crippen LogP contribution is -2.44. The fourth-order valence-electron chi connectivity index (χ4n) is 3.81. The molecule has 154 valence electrons. The number of carbonyl (C=O) groups excluding carboxylic acids is 1. The van der Waals surface area contributed by atoms with Gasteiger partial charge in [0.15, 0.2) is 5.69 Å². The molecule has 2 aromatic rings. The summed E-state index contributed by atoms with van der Waals surface area (Å²) in [6.45, 7) is 3.89. The van der Waals surface area contributed by atoms with E-state index < -0.39 is 0 Å². The summed E-state index contributed by atoms with van der Waals surface area (Å²) in [7, 11) is 0. The van der Waals surface area contributed by atoms with Crippen LogP contribution in [0.4, 0.5) is 5.69 Å². The third-order valence-electron chi connectivity index (χ3n) is 5.38. The molecule has 0 saturated carbocycles.